The number of tetrazole rings is 1. The van der Waals surface area contributed by atoms with Crippen LogP contribution in [0.4, 0.5) is 5.13 Å². The summed E-state index contributed by atoms with van der Waals surface area (Å²) in [5.41, 5.74) is 2.06. The number of nitrogens with zero attached hydrogens (tertiary/aromatic N) is 5. The molecule has 0 aliphatic carbocycles. The van der Waals surface area contributed by atoms with Crippen molar-refractivity contribution in [1.82, 2.24) is 30.5 Å². The topological polar surface area (TPSA) is 141 Å². The second kappa shape index (κ2) is 12.0. The van der Waals surface area contributed by atoms with Gasteiger partial charge >= 0.3 is 5.97 Å². The minimum absolute atomic E-state index is 0.231. The molecule has 0 aliphatic heterocycles. The molecule has 0 unspecified atom stereocenters. The number of aromatic nitrogens is 5. The predicted octanol–water partition coefficient (Wildman–Crippen LogP) is 3.08. The van der Waals surface area contributed by atoms with Gasteiger partial charge < -0.3 is 15.4 Å². The van der Waals surface area contributed by atoms with E-state index in [2.05, 4.69) is 31.1 Å². The van der Waals surface area contributed by atoms with Crippen molar-refractivity contribution < 1.29 is 19.1 Å². The number of nitrogens with one attached hydrogen (secondary N) is 2. The molecule has 0 radical (unpaired) electrons. The number of amides is 2. The van der Waals surface area contributed by atoms with Crippen LogP contribution in [-0.2, 0) is 20.8 Å². The van der Waals surface area contributed by atoms with Crippen LogP contribution in [0.1, 0.15) is 18.1 Å². The fourth-order valence-corrected chi connectivity index (χ4v) is 4.17. The van der Waals surface area contributed by atoms with Crippen LogP contribution < -0.4 is 15.4 Å². The van der Waals surface area contributed by atoms with E-state index < -0.39 is 23.8 Å². The number of hydrogen-bond acceptors (Lipinski definition) is 9. The highest BCUT2D eigenvalue weighted by Gasteiger charge is 2.22. The zero-order chi connectivity index (χ0) is 26.2. The zero-order valence-corrected chi connectivity index (χ0v) is 20.9. The number of rotatable bonds is 9. The second-order valence-electron chi connectivity index (χ2n) is 7.61. The molecule has 0 fully saturated rings. The van der Waals surface area contributed by atoms with E-state index in [0.29, 0.717) is 16.3 Å². The molecule has 37 heavy (non-hydrogen) atoms. The lowest BCUT2D eigenvalue weighted by atomic mass is 10.1. The van der Waals surface area contributed by atoms with Gasteiger partial charge in [-0.05, 0) is 40.3 Å². The molecule has 188 valence electrons. The molecule has 0 spiro atoms. The number of carbonyl (C=O) groups is 3. The Hall–Kier alpha value is -4.42. The van der Waals surface area contributed by atoms with Crippen LogP contribution in [0.15, 0.2) is 67.1 Å². The first-order chi connectivity index (χ1) is 17.9. The standard InChI is InChI=1S/C24H20ClN7O4S/c1-15(33)36-22-13-26-24(37-22)29-23(35)19(11-16-5-3-2-4-6-16)28-21(34)10-7-17-12-18(25)8-9-20(17)32-14-27-30-31-32/h2-10,12-14,19H,11H2,1H3,(H,28,34)(H,26,29,35)/b10-7+/t19-/m0/s1. The van der Waals surface area contributed by atoms with Gasteiger partial charge in [0.15, 0.2) is 5.13 Å². The summed E-state index contributed by atoms with van der Waals surface area (Å²) in [6.07, 6.45) is 5.85. The highest BCUT2D eigenvalue weighted by molar-refractivity contribution is 7.17. The Morgan fingerprint density at radius 1 is 1.19 bits per heavy atom. The summed E-state index contributed by atoms with van der Waals surface area (Å²) in [7, 11) is 0. The first-order valence-electron chi connectivity index (χ1n) is 10.9. The zero-order valence-electron chi connectivity index (χ0n) is 19.4. The maximum Gasteiger partial charge on any atom is 0.308 e. The number of anilines is 1. The molecule has 1 atom stereocenters. The normalized spacial score (nSPS) is 11.7. The van der Waals surface area contributed by atoms with Crippen LogP contribution in [0.2, 0.25) is 5.02 Å². The summed E-state index contributed by atoms with van der Waals surface area (Å²) in [6.45, 7) is 1.27. The van der Waals surface area contributed by atoms with Crippen molar-refractivity contribution in [2.45, 2.75) is 19.4 Å². The summed E-state index contributed by atoms with van der Waals surface area (Å²) < 4.78 is 6.42. The Balaban J connectivity index is 1.50. The van der Waals surface area contributed by atoms with Crippen molar-refractivity contribution in [2.24, 2.45) is 0 Å². The third-order valence-electron chi connectivity index (χ3n) is 4.87. The molecular formula is C24H20ClN7O4S. The Kier molecular flexibility index (Phi) is 8.33. The number of ether oxygens (including phenoxy) is 1. The smallest absolute Gasteiger partial charge is 0.308 e. The van der Waals surface area contributed by atoms with E-state index in [-0.39, 0.29) is 16.6 Å². The van der Waals surface area contributed by atoms with Gasteiger partial charge in [-0.25, -0.2) is 4.98 Å². The van der Waals surface area contributed by atoms with E-state index in [9.17, 15) is 14.4 Å². The van der Waals surface area contributed by atoms with Gasteiger partial charge in [0.25, 0.3) is 0 Å². The number of hydrogen-bond donors (Lipinski definition) is 2. The van der Waals surface area contributed by atoms with Crippen molar-refractivity contribution in [3.05, 3.63) is 83.3 Å². The molecule has 2 heterocycles. The summed E-state index contributed by atoms with van der Waals surface area (Å²) in [5, 5.41) is 17.5. The summed E-state index contributed by atoms with van der Waals surface area (Å²) >= 11 is 7.13. The average Bonchev–Trinajstić information content (AvgIpc) is 3.55. The van der Waals surface area contributed by atoms with Crippen LogP contribution >= 0.6 is 22.9 Å². The van der Waals surface area contributed by atoms with Crippen LogP contribution in [0.5, 0.6) is 5.06 Å². The molecule has 0 bridgehead atoms. The second-order valence-corrected chi connectivity index (χ2v) is 9.04. The highest BCUT2D eigenvalue weighted by atomic mass is 35.5. The minimum atomic E-state index is -0.918. The number of benzene rings is 2. The van der Waals surface area contributed by atoms with Gasteiger partial charge in [-0.2, -0.15) is 4.68 Å². The average molecular weight is 538 g/mol. The molecule has 2 aromatic carbocycles. The highest BCUT2D eigenvalue weighted by Crippen LogP contribution is 2.26. The molecule has 0 saturated carbocycles. The van der Waals surface area contributed by atoms with E-state index in [1.165, 1.54) is 30.2 Å². The van der Waals surface area contributed by atoms with Gasteiger partial charge in [0.1, 0.15) is 12.4 Å². The van der Waals surface area contributed by atoms with Crippen molar-refractivity contribution in [3.63, 3.8) is 0 Å². The maximum absolute atomic E-state index is 13.1. The molecule has 0 aliphatic rings. The van der Waals surface area contributed by atoms with Crippen LogP contribution in [-0.4, -0.2) is 49.0 Å². The Morgan fingerprint density at radius 3 is 2.73 bits per heavy atom. The number of halogens is 1. The van der Waals surface area contributed by atoms with E-state index in [0.717, 1.165) is 16.9 Å². The van der Waals surface area contributed by atoms with Crippen molar-refractivity contribution in [2.75, 3.05) is 5.32 Å². The molecule has 2 amide bonds. The third-order valence-corrected chi connectivity index (χ3v) is 5.90. The molecule has 4 aromatic rings. The van der Waals surface area contributed by atoms with E-state index in [1.807, 2.05) is 30.3 Å². The van der Waals surface area contributed by atoms with Gasteiger partial charge in [0.05, 0.1) is 11.9 Å². The lowest BCUT2D eigenvalue weighted by molar-refractivity contribution is -0.131. The molecule has 13 heteroatoms. The first-order valence-corrected chi connectivity index (χ1v) is 12.1. The Morgan fingerprint density at radius 2 is 2.00 bits per heavy atom. The largest absolute Gasteiger partial charge is 0.414 e. The van der Waals surface area contributed by atoms with E-state index >= 15 is 0 Å². The van der Waals surface area contributed by atoms with Gasteiger partial charge in [-0.15, -0.1) is 5.10 Å². The monoisotopic (exact) mass is 537 g/mol. The molecule has 11 nitrogen and oxygen atoms in total. The van der Waals surface area contributed by atoms with Crippen LogP contribution in [0.25, 0.3) is 11.8 Å². The number of thiazole rings is 1. The molecule has 0 saturated heterocycles. The number of carbonyl (C=O) groups excluding carboxylic acids is 3. The SMILES string of the molecule is CC(=O)Oc1cnc(NC(=O)[C@H](Cc2ccccc2)NC(=O)/C=C/c2cc(Cl)ccc2-n2cnnn2)s1. The molecular weight excluding hydrogens is 518 g/mol. The summed E-state index contributed by atoms with van der Waals surface area (Å²) in [5.74, 6) is -1.48. The minimum Gasteiger partial charge on any atom is -0.414 e. The predicted molar refractivity (Wildman–Crippen MR) is 137 cm³/mol. The molecule has 2 N–H and O–H groups in total. The van der Waals surface area contributed by atoms with Crippen molar-refractivity contribution >= 4 is 51.9 Å². The van der Waals surface area contributed by atoms with E-state index in [1.54, 1.807) is 24.3 Å². The summed E-state index contributed by atoms with van der Waals surface area (Å²) in [6, 6.07) is 13.4. The van der Waals surface area contributed by atoms with Crippen molar-refractivity contribution in [3.8, 4) is 10.8 Å². The fourth-order valence-electron chi connectivity index (χ4n) is 3.28. The Bertz CT molecular complexity index is 1420. The van der Waals surface area contributed by atoms with Gasteiger partial charge in [0, 0.05) is 30.0 Å². The summed E-state index contributed by atoms with van der Waals surface area (Å²) in [4.78, 5) is 41.1. The van der Waals surface area contributed by atoms with Gasteiger partial charge in [-0.3, -0.25) is 14.4 Å². The van der Waals surface area contributed by atoms with Crippen LogP contribution in [0, 0.1) is 0 Å². The lowest BCUT2D eigenvalue weighted by Gasteiger charge is -2.17. The van der Waals surface area contributed by atoms with Crippen molar-refractivity contribution in [1.29, 1.82) is 0 Å². The molecule has 4 rings (SSSR count). The third kappa shape index (κ3) is 7.29. The molecule has 2 aromatic heterocycles. The first kappa shape index (κ1) is 25.7. The number of esters is 1. The lowest BCUT2D eigenvalue weighted by Crippen LogP contribution is -2.44. The van der Waals surface area contributed by atoms with Gasteiger partial charge in [-0.1, -0.05) is 53.3 Å². The quantitative estimate of drug-likeness (QED) is 0.245. The maximum atomic E-state index is 13.1. The fraction of sp³-hybridized carbons (Fsp3) is 0.125. The van der Waals surface area contributed by atoms with E-state index in [4.69, 9.17) is 16.3 Å². The van der Waals surface area contributed by atoms with Gasteiger partial charge in [0.2, 0.25) is 16.9 Å². The Labute approximate surface area is 220 Å². The van der Waals surface area contributed by atoms with Crippen LogP contribution in [0.3, 0.4) is 0 Å².